The summed E-state index contributed by atoms with van der Waals surface area (Å²) in [5.41, 5.74) is -0.217. The molecule has 1 unspecified atom stereocenters. The second-order valence-corrected chi connectivity index (χ2v) is 8.50. The summed E-state index contributed by atoms with van der Waals surface area (Å²) in [5.74, 6) is 0.350. The normalized spacial score (nSPS) is 13.1. The zero-order valence-corrected chi connectivity index (χ0v) is 18.1. The third-order valence-electron chi connectivity index (χ3n) is 3.12. The molecule has 2 aromatic rings. The molecule has 0 bridgehead atoms. The van der Waals surface area contributed by atoms with Gasteiger partial charge in [0.2, 0.25) is 10.0 Å². The summed E-state index contributed by atoms with van der Waals surface area (Å²) < 4.78 is 48.1. The number of nitrogens with one attached hydrogen (secondary N) is 1. The van der Waals surface area contributed by atoms with Gasteiger partial charge in [-0.1, -0.05) is 0 Å². The SMILES string of the molecule is COc1ccc(S(=O)(=O)NCP(=O)(O)Oc2ccc([N+](=O)[O-])cc2)cc1.[H-].[Na+]. The predicted octanol–water partition coefficient (Wildman–Crippen LogP) is -0.780. The molecule has 1 atom stereocenters. The molecule has 0 aliphatic heterocycles. The van der Waals surface area contributed by atoms with Gasteiger partial charge in [-0.3, -0.25) is 10.1 Å². The van der Waals surface area contributed by atoms with Crippen LogP contribution in [0, 0.1) is 10.1 Å². The van der Waals surface area contributed by atoms with Crippen LogP contribution in [-0.2, 0) is 14.6 Å². The molecule has 0 radical (unpaired) electrons. The van der Waals surface area contributed by atoms with Crippen molar-refractivity contribution in [3.8, 4) is 11.5 Å². The molecule has 27 heavy (non-hydrogen) atoms. The average Bonchev–Trinajstić information content (AvgIpc) is 2.60. The molecule has 0 fully saturated rings. The zero-order valence-electron chi connectivity index (χ0n) is 15.4. The van der Waals surface area contributed by atoms with Crippen LogP contribution < -0.4 is 43.5 Å². The number of non-ortho nitro benzene ring substituents is 1. The number of nitro benzene ring substituents is 1. The van der Waals surface area contributed by atoms with Crippen LogP contribution in [0.25, 0.3) is 0 Å². The molecule has 0 amide bonds. The Morgan fingerprint density at radius 1 is 1.15 bits per heavy atom. The van der Waals surface area contributed by atoms with Crippen LogP contribution in [0.15, 0.2) is 53.4 Å². The standard InChI is InChI=1S/C14H15N2O8PS.Na.H/c1-23-12-6-8-14(9-7-12)26(21,22)15-10-25(19,20)24-13-4-2-11(3-5-13)16(17)18;;/h2-9,15H,10H2,1H3,(H,19,20);;/q;+1;-1. The van der Waals surface area contributed by atoms with Gasteiger partial charge in [-0.05, 0) is 36.4 Å². The topological polar surface area (TPSA) is 145 Å². The first kappa shape index (κ1) is 23.6. The predicted molar refractivity (Wildman–Crippen MR) is 92.8 cm³/mol. The van der Waals surface area contributed by atoms with E-state index in [9.17, 15) is 28.0 Å². The quantitative estimate of drug-likeness (QED) is 0.242. The number of ether oxygens (including phenoxy) is 1. The largest absolute Gasteiger partial charge is 1.00 e. The molecule has 0 aliphatic rings. The van der Waals surface area contributed by atoms with Crippen molar-refractivity contribution in [2.45, 2.75) is 4.90 Å². The summed E-state index contributed by atoms with van der Waals surface area (Å²) in [6.07, 6.45) is -0.877. The van der Waals surface area contributed by atoms with Crippen LogP contribution in [-0.4, -0.2) is 31.6 Å². The zero-order chi connectivity index (χ0) is 19.4. The summed E-state index contributed by atoms with van der Waals surface area (Å²) >= 11 is 0. The number of nitrogens with zero attached hydrogens (tertiary/aromatic N) is 1. The van der Waals surface area contributed by atoms with Crippen LogP contribution in [0.5, 0.6) is 11.5 Å². The van der Waals surface area contributed by atoms with Crippen molar-refractivity contribution in [3.63, 3.8) is 0 Å². The summed E-state index contributed by atoms with van der Waals surface area (Å²) in [5, 5.41) is 10.6. The first-order valence-electron chi connectivity index (χ1n) is 7.02. The maximum atomic E-state index is 12.1. The Hall–Kier alpha value is -1.46. The molecule has 2 N–H and O–H groups in total. The van der Waals surface area contributed by atoms with E-state index in [1.165, 1.54) is 31.4 Å². The monoisotopic (exact) mass is 426 g/mol. The van der Waals surface area contributed by atoms with Gasteiger partial charge in [-0.2, -0.15) is 4.72 Å². The number of methoxy groups -OCH3 is 1. The van der Waals surface area contributed by atoms with Gasteiger partial charge >= 0.3 is 37.2 Å². The van der Waals surface area contributed by atoms with Crippen LogP contribution in [0.3, 0.4) is 0 Å². The van der Waals surface area contributed by atoms with E-state index in [0.717, 1.165) is 24.3 Å². The van der Waals surface area contributed by atoms with E-state index in [2.05, 4.69) is 0 Å². The molecular weight excluding hydrogens is 410 g/mol. The van der Waals surface area contributed by atoms with Gasteiger partial charge in [0.1, 0.15) is 17.8 Å². The fourth-order valence-electron chi connectivity index (χ4n) is 1.83. The van der Waals surface area contributed by atoms with Crippen molar-refractivity contribution < 1.29 is 63.0 Å². The molecule has 2 aromatic carbocycles. The number of benzene rings is 2. The van der Waals surface area contributed by atoms with E-state index in [1.807, 2.05) is 4.72 Å². The average molecular weight is 426 g/mol. The molecule has 142 valence electrons. The van der Waals surface area contributed by atoms with Crippen molar-refractivity contribution in [3.05, 3.63) is 58.6 Å². The Labute approximate surface area is 179 Å². The third kappa shape index (κ3) is 6.89. The molecule has 2 rings (SSSR count). The smallest absolute Gasteiger partial charge is 1.00 e. The van der Waals surface area contributed by atoms with Crippen LogP contribution >= 0.6 is 7.60 Å². The van der Waals surface area contributed by atoms with E-state index in [0.29, 0.717) is 5.75 Å². The fourth-order valence-corrected chi connectivity index (χ4v) is 4.34. The number of nitro groups is 1. The molecule has 13 heteroatoms. The number of hydrogen-bond donors (Lipinski definition) is 2. The minimum absolute atomic E-state index is 0. The number of sulfonamides is 1. The Morgan fingerprint density at radius 2 is 1.67 bits per heavy atom. The van der Waals surface area contributed by atoms with E-state index in [4.69, 9.17) is 9.26 Å². The molecular formula is C14H16N2NaO8PS. The van der Waals surface area contributed by atoms with Gasteiger partial charge in [0.15, 0.2) is 0 Å². The van der Waals surface area contributed by atoms with Crippen molar-refractivity contribution in [2.24, 2.45) is 0 Å². The summed E-state index contributed by atoms with van der Waals surface area (Å²) in [4.78, 5) is 19.6. The molecule has 0 aliphatic carbocycles. The van der Waals surface area contributed by atoms with Crippen molar-refractivity contribution in [2.75, 3.05) is 13.4 Å². The van der Waals surface area contributed by atoms with Crippen LogP contribution in [0.2, 0.25) is 0 Å². The fraction of sp³-hybridized carbons (Fsp3) is 0.143. The minimum atomic E-state index is -4.37. The summed E-state index contributed by atoms with van der Waals surface area (Å²) in [6, 6.07) is 9.88. The third-order valence-corrected chi connectivity index (χ3v) is 5.80. The van der Waals surface area contributed by atoms with Crippen LogP contribution in [0.1, 0.15) is 1.43 Å². The Bertz CT molecular complexity index is 941. The summed E-state index contributed by atoms with van der Waals surface area (Å²) in [7, 11) is -6.98. The van der Waals surface area contributed by atoms with Gasteiger partial charge in [0.25, 0.3) is 5.69 Å². The van der Waals surface area contributed by atoms with Gasteiger partial charge < -0.3 is 15.6 Å². The minimum Gasteiger partial charge on any atom is -1.00 e. The molecule has 0 heterocycles. The number of rotatable bonds is 8. The van der Waals surface area contributed by atoms with E-state index in [1.54, 1.807) is 0 Å². The van der Waals surface area contributed by atoms with E-state index < -0.39 is 28.8 Å². The van der Waals surface area contributed by atoms with Crippen molar-refractivity contribution in [1.82, 2.24) is 4.72 Å². The first-order valence-corrected chi connectivity index (χ1v) is 10.3. The summed E-state index contributed by atoms with van der Waals surface area (Å²) in [6.45, 7) is 0. The molecule has 0 saturated carbocycles. The van der Waals surface area contributed by atoms with Gasteiger partial charge in [-0.15, -0.1) is 0 Å². The van der Waals surface area contributed by atoms with Crippen LogP contribution in [0.4, 0.5) is 5.69 Å². The second-order valence-electron chi connectivity index (χ2n) is 4.96. The molecule has 0 aromatic heterocycles. The second kappa shape index (κ2) is 9.65. The first-order chi connectivity index (χ1) is 12.1. The van der Waals surface area contributed by atoms with Gasteiger partial charge in [0, 0.05) is 12.1 Å². The number of hydrogen-bond acceptors (Lipinski definition) is 7. The molecule has 0 spiro atoms. The molecule has 0 saturated heterocycles. The van der Waals surface area contributed by atoms with Crippen molar-refractivity contribution >= 4 is 23.3 Å². The van der Waals surface area contributed by atoms with E-state index in [-0.39, 0.29) is 47.3 Å². The van der Waals surface area contributed by atoms with Gasteiger partial charge in [0.05, 0.1) is 16.9 Å². The Balaban J connectivity index is 0.00000364. The van der Waals surface area contributed by atoms with Gasteiger partial charge in [-0.25, -0.2) is 13.0 Å². The van der Waals surface area contributed by atoms with E-state index >= 15 is 0 Å². The Morgan fingerprint density at radius 3 is 2.15 bits per heavy atom. The van der Waals surface area contributed by atoms with Crippen molar-refractivity contribution in [1.29, 1.82) is 0 Å². The Kier molecular flexibility index (Phi) is 8.43. The maximum absolute atomic E-state index is 12.1. The maximum Gasteiger partial charge on any atom is 1.00 e. The molecule has 10 nitrogen and oxygen atoms in total.